The van der Waals surface area contributed by atoms with Gasteiger partial charge in [-0.3, -0.25) is 9.59 Å². The summed E-state index contributed by atoms with van der Waals surface area (Å²) in [5.74, 6) is -1.19. The van der Waals surface area contributed by atoms with E-state index in [1.54, 1.807) is 0 Å². The number of unbranched alkanes of at least 4 members (excludes halogenated alkanes) is 7. The number of hydrogen-bond donors (Lipinski definition) is 9. The molecular formula is C27H51NO13. The molecule has 0 aromatic carbocycles. The number of carbonyl (C=O) groups excluding carboxylic acids is 1. The Bertz CT molecular complexity index is 727. The lowest BCUT2D eigenvalue weighted by Gasteiger charge is -2.42. The Labute approximate surface area is 241 Å². The predicted molar refractivity (Wildman–Crippen MR) is 144 cm³/mol. The van der Waals surface area contributed by atoms with Gasteiger partial charge in [0.2, 0.25) is 5.91 Å². The molecule has 14 heteroatoms. The second kappa shape index (κ2) is 20.4. The van der Waals surface area contributed by atoms with E-state index in [2.05, 4.69) is 6.92 Å². The highest BCUT2D eigenvalue weighted by molar-refractivity contribution is 5.76. The Hall–Kier alpha value is -1.46. The topological polar surface area (TPSA) is 238 Å². The molecule has 1 amide bonds. The van der Waals surface area contributed by atoms with Crippen LogP contribution in [0.3, 0.4) is 0 Å². The highest BCUT2D eigenvalue weighted by Crippen LogP contribution is 2.25. The van der Waals surface area contributed by atoms with Crippen molar-refractivity contribution in [2.45, 2.75) is 133 Å². The van der Waals surface area contributed by atoms with Crippen molar-refractivity contribution in [3.63, 3.8) is 0 Å². The summed E-state index contributed by atoms with van der Waals surface area (Å²) in [7, 11) is 0. The lowest BCUT2D eigenvalue weighted by atomic mass is 9.98. The van der Waals surface area contributed by atoms with Gasteiger partial charge in [-0.25, -0.2) is 0 Å². The summed E-state index contributed by atoms with van der Waals surface area (Å²) in [5, 5.41) is 90.0. The van der Waals surface area contributed by atoms with Crippen LogP contribution in [0, 0.1) is 0 Å². The van der Waals surface area contributed by atoms with Crippen LogP contribution in [0.4, 0.5) is 0 Å². The first-order valence-electron chi connectivity index (χ1n) is 14.6. The molecule has 41 heavy (non-hydrogen) atoms. The summed E-state index contributed by atoms with van der Waals surface area (Å²) in [5.41, 5.74) is 0. The monoisotopic (exact) mass is 597 g/mol. The van der Waals surface area contributed by atoms with Crippen molar-refractivity contribution in [1.29, 1.82) is 0 Å². The van der Waals surface area contributed by atoms with Crippen molar-refractivity contribution in [2.24, 2.45) is 0 Å². The van der Waals surface area contributed by atoms with Gasteiger partial charge in [0.15, 0.2) is 6.29 Å². The fraction of sp³-hybridized carbons (Fsp3) is 0.926. The Morgan fingerprint density at radius 1 is 0.829 bits per heavy atom. The average Bonchev–Trinajstić information content (AvgIpc) is 2.95. The number of rotatable bonds is 22. The van der Waals surface area contributed by atoms with E-state index in [1.807, 2.05) is 0 Å². The normalized spacial score (nSPS) is 25.8. The fourth-order valence-electron chi connectivity index (χ4n) is 4.68. The van der Waals surface area contributed by atoms with Crippen LogP contribution >= 0.6 is 0 Å². The number of nitrogens with zero attached hydrogens (tertiary/aromatic N) is 1. The molecule has 1 fully saturated rings. The van der Waals surface area contributed by atoms with E-state index in [1.165, 1.54) is 4.90 Å². The number of hydrogen-bond acceptors (Lipinski definition) is 12. The maximum Gasteiger partial charge on any atom is 0.303 e. The average molecular weight is 598 g/mol. The highest BCUT2D eigenvalue weighted by atomic mass is 16.7. The number of aliphatic hydroxyl groups is 8. The second-order valence-corrected chi connectivity index (χ2v) is 10.7. The molecule has 242 valence electrons. The molecular weight excluding hydrogens is 546 g/mol. The first-order chi connectivity index (χ1) is 19.5. The molecule has 1 heterocycles. The minimum Gasteiger partial charge on any atom is -0.481 e. The molecule has 1 saturated heterocycles. The minimum absolute atomic E-state index is 0.0108. The number of aliphatic carboxylic acids is 1. The van der Waals surface area contributed by atoms with Crippen molar-refractivity contribution >= 4 is 11.9 Å². The van der Waals surface area contributed by atoms with E-state index >= 15 is 0 Å². The van der Waals surface area contributed by atoms with Crippen molar-refractivity contribution < 1.29 is 65.0 Å². The molecule has 9 N–H and O–H groups in total. The zero-order chi connectivity index (χ0) is 30.9. The van der Waals surface area contributed by atoms with Crippen LogP contribution in [0.25, 0.3) is 0 Å². The summed E-state index contributed by atoms with van der Waals surface area (Å²) in [6, 6.07) is 0. The molecule has 0 bridgehead atoms. The van der Waals surface area contributed by atoms with Gasteiger partial charge in [0.25, 0.3) is 0 Å². The Morgan fingerprint density at radius 2 is 1.44 bits per heavy atom. The van der Waals surface area contributed by atoms with Gasteiger partial charge in [0.1, 0.15) is 48.8 Å². The number of carboxylic acids is 1. The molecule has 0 radical (unpaired) electrons. The van der Waals surface area contributed by atoms with Crippen LogP contribution in [-0.4, -0.2) is 144 Å². The van der Waals surface area contributed by atoms with Crippen molar-refractivity contribution in [1.82, 2.24) is 4.90 Å². The van der Waals surface area contributed by atoms with E-state index in [9.17, 15) is 50.4 Å². The second-order valence-electron chi connectivity index (χ2n) is 10.7. The zero-order valence-electron chi connectivity index (χ0n) is 23.9. The number of carbonyl (C=O) groups is 2. The van der Waals surface area contributed by atoms with Gasteiger partial charge in [-0.15, -0.1) is 0 Å². The van der Waals surface area contributed by atoms with E-state index in [-0.39, 0.29) is 31.8 Å². The molecule has 0 spiro atoms. The van der Waals surface area contributed by atoms with Crippen LogP contribution in [-0.2, 0) is 19.1 Å². The van der Waals surface area contributed by atoms with Crippen LogP contribution in [0.2, 0.25) is 0 Å². The molecule has 0 aliphatic carbocycles. The highest BCUT2D eigenvalue weighted by Gasteiger charge is 2.47. The fourth-order valence-corrected chi connectivity index (χ4v) is 4.68. The summed E-state index contributed by atoms with van der Waals surface area (Å²) in [6.07, 6.45) is -8.14. The third-order valence-electron chi connectivity index (χ3n) is 7.26. The molecule has 14 nitrogen and oxygen atoms in total. The SMILES string of the molecule is CCCCCCCCC(=O)N(CCCCCC(=O)O)C[C@H](O)[C@@H](O)[C@H](O[C@@H]1O[C@H](CO)[C@H](O)[C@H](O)[C@H]1O)[C@H](O)CO. The molecule has 1 aliphatic rings. The minimum atomic E-state index is -1.90. The zero-order valence-corrected chi connectivity index (χ0v) is 23.9. The van der Waals surface area contributed by atoms with Gasteiger partial charge in [-0.1, -0.05) is 45.4 Å². The Kier molecular flexibility index (Phi) is 18.7. The van der Waals surface area contributed by atoms with E-state index in [0.717, 1.165) is 32.1 Å². The largest absolute Gasteiger partial charge is 0.481 e. The van der Waals surface area contributed by atoms with Crippen molar-refractivity contribution in [3.05, 3.63) is 0 Å². The van der Waals surface area contributed by atoms with Gasteiger partial charge >= 0.3 is 5.97 Å². The number of ether oxygens (including phenoxy) is 2. The third kappa shape index (κ3) is 13.2. The molecule has 9 atom stereocenters. The first kappa shape index (κ1) is 37.6. The summed E-state index contributed by atoms with van der Waals surface area (Å²) < 4.78 is 10.7. The third-order valence-corrected chi connectivity index (χ3v) is 7.26. The molecule has 0 unspecified atom stereocenters. The molecule has 0 aromatic rings. The summed E-state index contributed by atoms with van der Waals surface area (Å²) >= 11 is 0. The quantitative estimate of drug-likeness (QED) is 0.0645. The van der Waals surface area contributed by atoms with Gasteiger partial charge in [0.05, 0.1) is 13.2 Å². The smallest absolute Gasteiger partial charge is 0.303 e. The first-order valence-corrected chi connectivity index (χ1v) is 14.6. The number of aliphatic hydroxyl groups excluding tert-OH is 8. The van der Waals surface area contributed by atoms with Gasteiger partial charge in [-0.05, 0) is 19.3 Å². The lowest BCUT2D eigenvalue weighted by molar-refractivity contribution is -0.327. The summed E-state index contributed by atoms with van der Waals surface area (Å²) in [4.78, 5) is 25.1. The van der Waals surface area contributed by atoms with Crippen LogP contribution in [0.1, 0.15) is 77.6 Å². The number of carboxylic acid groups (broad SMARTS) is 1. The maximum absolute atomic E-state index is 13.0. The van der Waals surface area contributed by atoms with E-state index in [4.69, 9.17) is 14.6 Å². The number of amides is 1. The van der Waals surface area contributed by atoms with Crippen LogP contribution in [0.15, 0.2) is 0 Å². The van der Waals surface area contributed by atoms with E-state index < -0.39 is 74.3 Å². The van der Waals surface area contributed by atoms with Gasteiger partial charge < -0.3 is 60.3 Å². The van der Waals surface area contributed by atoms with Gasteiger partial charge in [-0.2, -0.15) is 0 Å². The Balaban J connectivity index is 2.91. The summed E-state index contributed by atoms with van der Waals surface area (Å²) in [6.45, 7) is 0.276. The van der Waals surface area contributed by atoms with E-state index in [0.29, 0.717) is 25.7 Å². The predicted octanol–water partition coefficient (Wildman–Crippen LogP) is -1.53. The lowest BCUT2D eigenvalue weighted by Crippen LogP contribution is -2.61. The molecule has 0 saturated carbocycles. The molecule has 1 rings (SSSR count). The standard InChI is InChI=1S/C27H51NO13/c1-2-3-4-5-6-8-11-20(33)28(13-10-7-9-12-21(34)35)14-17(31)22(36)26(18(32)15-29)41-27-25(39)24(38)23(37)19(16-30)40-27/h17-19,22-27,29-32,36-39H,2-16H2,1H3,(H,34,35)/t17-,18+,19+,22+,23-,24-,25+,26+,27-/m0/s1. The van der Waals surface area contributed by atoms with Gasteiger partial charge in [0, 0.05) is 25.9 Å². The molecule has 1 aliphatic heterocycles. The Morgan fingerprint density at radius 3 is 2.05 bits per heavy atom. The van der Waals surface area contributed by atoms with Crippen molar-refractivity contribution in [3.8, 4) is 0 Å². The molecule has 0 aromatic heterocycles. The maximum atomic E-state index is 13.0. The van der Waals surface area contributed by atoms with Crippen LogP contribution < -0.4 is 0 Å². The van der Waals surface area contributed by atoms with Crippen LogP contribution in [0.5, 0.6) is 0 Å². The van der Waals surface area contributed by atoms with Crippen molar-refractivity contribution in [2.75, 3.05) is 26.3 Å².